The van der Waals surface area contributed by atoms with Crippen LogP contribution in [0.15, 0.2) is 30.3 Å². The van der Waals surface area contributed by atoms with E-state index in [1.54, 1.807) is 45.0 Å². The van der Waals surface area contributed by atoms with Crippen LogP contribution in [0, 0.1) is 5.92 Å². The summed E-state index contributed by atoms with van der Waals surface area (Å²) in [4.78, 5) is 12.3. The molecule has 0 saturated carbocycles. The molecule has 2 atom stereocenters. The minimum Gasteiger partial charge on any atom is -0.374 e. The Hall–Kier alpha value is -1.53. The van der Waals surface area contributed by atoms with E-state index in [-0.39, 0.29) is 38.3 Å². The van der Waals surface area contributed by atoms with Gasteiger partial charge >= 0.3 is 0 Å². The molecule has 2 unspecified atom stereocenters. The van der Waals surface area contributed by atoms with Gasteiger partial charge in [-0.15, -0.1) is 0 Å². The summed E-state index contributed by atoms with van der Waals surface area (Å²) in [5, 5.41) is 13.6. The summed E-state index contributed by atoms with van der Waals surface area (Å²) in [6.45, 7) is 10.4. The van der Waals surface area contributed by atoms with Crippen LogP contribution in [0.5, 0.6) is 0 Å². The van der Waals surface area contributed by atoms with Crippen LogP contribution in [0.25, 0.3) is 0 Å². The smallest absolute Gasteiger partial charge is 0.282 e. The number of carbonyl (C=O) groups excluding carboxylic acids is 1. The van der Waals surface area contributed by atoms with E-state index in [4.69, 9.17) is 0 Å². The van der Waals surface area contributed by atoms with E-state index in [1.807, 2.05) is 19.9 Å². The molecule has 0 aromatic heterocycles. The molecule has 1 rings (SSSR count). The highest BCUT2D eigenvalue weighted by molar-refractivity contribution is 7.91. The van der Waals surface area contributed by atoms with Gasteiger partial charge in [0.25, 0.3) is 10.2 Å². The lowest BCUT2D eigenvalue weighted by Crippen LogP contribution is -2.61. The van der Waals surface area contributed by atoms with Crippen molar-refractivity contribution >= 4 is 26.0 Å². The van der Waals surface area contributed by atoms with E-state index in [0.717, 1.165) is 16.1 Å². The van der Waals surface area contributed by atoms with E-state index in [9.17, 15) is 26.7 Å². The second kappa shape index (κ2) is 11.9. The first-order chi connectivity index (χ1) is 15.4. The zero-order valence-electron chi connectivity index (χ0n) is 21.3. The van der Waals surface area contributed by atoms with Crippen molar-refractivity contribution in [1.29, 1.82) is 0 Å². The lowest BCUT2D eigenvalue weighted by Gasteiger charge is -2.41. The van der Waals surface area contributed by atoms with Gasteiger partial charge in [-0.2, -0.15) is 17.4 Å². The van der Waals surface area contributed by atoms with Crippen molar-refractivity contribution in [3.8, 4) is 0 Å². The fraction of sp³-hybridized carbons (Fsp3) is 0.696. The number of hydrogen-bond acceptors (Lipinski definition) is 6. The van der Waals surface area contributed by atoms with E-state index in [1.165, 1.54) is 6.92 Å². The van der Waals surface area contributed by atoms with Crippen molar-refractivity contribution in [3.05, 3.63) is 35.9 Å². The van der Waals surface area contributed by atoms with Crippen LogP contribution < -0.4 is 10.0 Å². The molecule has 0 aliphatic rings. The zero-order chi connectivity index (χ0) is 26.4. The van der Waals surface area contributed by atoms with Crippen molar-refractivity contribution in [3.63, 3.8) is 0 Å². The predicted octanol–water partition coefficient (Wildman–Crippen LogP) is 1.84. The molecule has 0 fully saturated rings. The fourth-order valence-electron chi connectivity index (χ4n) is 3.38. The van der Waals surface area contributed by atoms with Crippen LogP contribution in [0.1, 0.15) is 59.9 Å². The van der Waals surface area contributed by atoms with Gasteiger partial charge in [-0.3, -0.25) is 4.79 Å². The lowest BCUT2D eigenvalue weighted by molar-refractivity contribution is -0.121. The highest BCUT2D eigenvalue weighted by Crippen LogP contribution is 2.27. The number of sulfone groups is 1. The Morgan fingerprint density at radius 2 is 1.62 bits per heavy atom. The quantitative estimate of drug-likeness (QED) is 0.341. The molecule has 0 saturated heterocycles. The Labute approximate surface area is 205 Å². The highest BCUT2D eigenvalue weighted by Gasteiger charge is 2.43. The number of nitrogens with zero attached hydrogens (tertiary/aromatic N) is 1. The molecule has 0 heterocycles. The number of carbonyl (C=O) groups is 1. The molecule has 34 heavy (non-hydrogen) atoms. The Balaban J connectivity index is 3.23. The van der Waals surface area contributed by atoms with Crippen LogP contribution in [-0.2, 0) is 31.3 Å². The Morgan fingerprint density at radius 1 is 1.06 bits per heavy atom. The number of nitrogens with one attached hydrogen (secondary N) is 2. The van der Waals surface area contributed by atoms with Crippen LogP contribution in [-0.4, -0.2) is 68.0 Å². The van der Waals surface area contributed by atoms with Gasteiger partial charge < -0.3 is 10.4 Å². The topological polar surface area (TPSA) is 133 Å². The maximum atomic E-state index is 13.4. The highest BCUT2D eigenvalue weighted by atomic mass is 32.2. The SMILES string of the molecule is CC(C)CN(C(O)(CCNC(=O)CC(C)S(C)(=O)=O)Cc1ccccc1)S(=O)(=O)NC(C)(C)C. The molecule has 1 aromatic carbocycles. The normalized spacial score (nSPS) is 15.8. The molecule has 9 nitrogen and oxygen atoms in total. The third-order valence-electron chi connectivity index (χ3n) is 5.10. The van der Waals surface area contributed by atoms with Gasteiger partial charge in [0, 0.05) is 44.1 Å². The molecule has 0 radical (unpaired) electrons. The average molecular weight is 520 g/mol. The minimum atomic E-state index is -4.10. The number of amides is 1. The molecule has 1 amide bonds. The summed E-state index contributed by atoms with van der Waals surface area (Å²) in [6.07, 6.45) is 0.788. The number of benzene rings is 1. The molecule has 0 aliphatic heterocycles. The largest absolute Gasteiger partial charge is 0.374 e. The van der Waals surface area contributed by atoms with Gasteiger partial charge in [-0.25, -0.2) is 8.42 Å². The lowest BCUT2D eigenvalue weighted by atomic mass is 9.98. The van der Waals surface area contributed by atoms with Crippen LogP contribution >= 0.6 is 0 Å². The van der Waals surface area contributed by atoms with Crippen molar-refractivity contribution in [2.24, 2.45) is 5.92 Å². The van der Waals surface area contributed by atoms with Crippen molar-refractivity contribution in [1.82, 2.24) is 14.3 Å². The standard InChI is InChI=1S/C23H41N3O6S2/c1-18(2)17-26(34(31,32)25-22(4,5)6)23(28,16-20-11-9-8-10-12-20)13-14-24-21(27)15-19(3)33(7,29)30/h8-12,18-19,25,28H,13-17H2,1-7H3,(H,24,27). The Bertz CT molecular complexity index is 1000. The second-order valence-corrected chi connectivity index (χ2v) is 14.4. The van der Waals surface area contributed by atoms with Gasteiger partial charge in [-0.1, -0.05) is 44.2 Å². The Kier molecular flexibility index (Phi) is 10.7. The summed E-state index contributed by atoms with van der Waals surface area (Å²) >= 11 is 0. The van der Waals surface area contributed by atoms with E-state index < -0.39 is 42.5 Å². The first kappa shape index (κ1) is 30.5. The van der Waals surface area contributed by atoms with Gasteiger partial charge in [0.05, 0.1) is 5.25 Å². The first-order valence-electron chi connectivity index (χ1n) is 11.4. The second-order valence-electron chi connectivity index (χ2n) is 10.4. The van der Waals surface area contributed by atoms with Crippen molar-refractivity contribution in [2.45, 2.75) is 77.3 Å². The van der Waals surface area contributed by atoms with Crippen molar-refractivity contribution in [2.75, 3.05) is 19.3 Å². The molecule has 3 N–H and O–H groups in total. The monoisotopic (exact) mass is 519 g/mol. The van der Waals surface area contributed by atoms with Gasteiger partial charge in [0.1, 0.15) is 5.72 Å². The molecule has 0 spiro atoms. The molecule has 0 bridgehead atoms. The molecule has 196 valence electrons. The van der Waals surface area contributed by atoms with E-state index in [2.05, 4.69) is 10.0 Å². The Morgan fingerprint density at radius 3 is 2.09 bits per heavy atom. The van der Waals surface area contributed by atoms with Crippen LogP contribution in [0.2, 0.25) is 0 Å². The number of hydrogen-bond donors (Lipinski definition) is 3. The van der Waals surface area contributed by atoms with E-state index in [0.29, 0.717) is 0 Å². The van der Waals surface area contributed by atoms with Crippen LogP contribution in [0.4, 0.5) is 0 Å². The molecule has 11 heteroatoms. The minimum absolute atomic E-state index is 0.0151. The molecule has 0 aliphatic carbocycles. The number of rotatable bonds is 13. The first-order valence-corrected chi connectivity index (χ1v) is 14.8. The van der Waals surface area contributed by atoms with Gasteiger partial charge in [-0.05, 0) is 39.2 Å². The molecular formula is C23H41N3O6S2. The summed E-state index contributed by atoms with van der Waals surface area (Å²) in [5.74, 6) is -0.560. The molecular weight excluding hydrogens is 478 g/mol. The van der Waals surface area contributed by atoms with Crippen molar-refractivity contribution < 1.29 is 26.7 Å². The van der Waals surface area contributed by atoms with Gasteiger partial charge in [0.15, 0.2) is 9.84 Å². The van der Waals surface area contributed by atoms with Gasteiger partial charge in [0.2, 0.25) is 5.91 Å². The maximum absolute atomic E-state index is 13.4. The maximum Gasteiger partial charge on any atom is 0.282 e. The summed E-state index contributed by atoms with van der Waals surface area (Å²) < 4.78 is 53.7. The number of aliphatic hydroxyl groups is 1. The predicted molar refractivity (Wildman–Crippen MR) is 135 cm³/mol. The summed E-state index contributed by atoms with van der Waals surface area (Å²) in [7, 11) is -7.46. The van der Waals surface area contributed by atoms with E-state index >= 15 is 0 Å². The van der Waals surface area contributed by atoms with Crippen LogP contribution in [0.3, 0.4) is 0 Å². The molecule has 1 aromatic rings. The summed E-state index contributed by atoms with van der Waals surface area (Å²) in [5.41, 5.74) is -1.86. The third-order valence-corrected chi connectivity index (χ3v) is 8.67. The third kappa shape index (κ3) is 10.4. The zero-order valence-corrected chi connectivity index (χ0v) is 23.0. The summed E-state index contributed by atoms with van der Waals surface area (Å²) in [6, 6.07) is 9.04. The fourth-order valence-corrected chi connectivity index (χ4v) is 5.81. The average Bonchev–Trinajstić information content (AvgIpc) is 2.64.